The van der Waals surface area contributed by atoms with Crippen molar-refractivity contribution in [3.63, 3.8) is 0 Å². The van der Waals surface area contributed by atoms with Crippen LogP contribution in [0.3, 0.4) is 0 Å². The van der Waals surface area contributed by atoms with Crippen LogP contribution < -0.4 is 4.74 Å². The number of para-hydroxylation sites is 1. The molecule has 21 heavy (non-hydrogen) atoms. The quantitative estimate of drug-likeness (QED) is 0.742. The smallest absolute Gasteiger partial charge is 0.123 e. The predicted octanol–water partition coefficient (Wildman–Crippen LogP) is 3.58. The van der Waals surface area contributed by atoms with E-state index in [-0.39, 0.29) is 0 Å². The summed E-state index contributed by atoms with van der Waals surface area (Å²) in [6, 6.07) is 14.1. The number of ether oxygens (including phenoxy) is 1. The van der Waals surface area contributed by atoms with E-state index < -0.39 is 0 Å². The third kappa shape index (κ3) is 2.79. The second-order valence-corrected chi connectivity index (χ2v) is 4.85. The highest BCUT2D eigenvalue weighted by molar-refractivity contribution is 6.01. The molecule has 0 aliphatic rings. The molecule has 0 radical (unpaired) electrons. The standard InChI is InChI=1S/C17H17N3O/c1-12(13-7-8-15-16(9-13)20-11-19-15)18-10-14-5-3-4-6-17(14)21-2/h3-9,11H,10H2,1-2H3,(H,19,20). The van der Waals surface area contributed by atoms with Crippen LogP contribution >= 0.6 is 0 Å². The number of methoxy groups -OCH3 is 1. The third-order valence-corrected chi connectivity index (χ3v) is 3.52. The zero-order valence-corrected chi connectivity index (χ0v) is 12.1. The molecule has 3 aromatic rings. The highest BCUT2D eigenvalue weighted by Crippen LogP contribution is 2.19. The van der Waals surface area contributed by atoms with E-state index in [1.54, 1.807) is 13.4 Å². The van der Waals surface area contributed by atoms with Crippen molar-refractivity contribution in [3.8, 4) is 5.75 Å². The lowest BCUT2D eigenvalue weighted by molar-refractivity contribution is 0.410. The molecule has 0 saturated carbocycles. The molecule has 0 aliphatic carbocycles. The summed E-state index contributed by atoms with van der Waals surface area (Å²) in [5.74, 6) is 0.873. The van der Waals surface area contributed by atoms with Crippen molar-refractivity contribution in [2.24, 2.45) is 4.99 Å². The molecule has 0 fully saturated rings. The summed E-state index contributed by atoms with van der Waals surface area (Å²) in [7, 11) is 1.68. The third-order valence-electron chi connectivity index (χ3n) is 3.52. The number of benzene rings is 2. The fraction of sp³-hybridized carbons (Fsp3) is 0.176. The van der Waals surface area contributed by atoms with Crippen LogP contribution in [-0.2, 0) is 6.54 Å². The van der Waals surface area contributed by atoms with Gasteiger partial charge >= 0.3 is 0 Å². The number of aromatic nitrogens is 2. The maximum Gasteiger partial charge on any atom is 0.123 e. The normalized spacial score (nSPS) is 11.8. The largest absolute Gasteiger partial charge is 0.496 e. The first kappa shape index (κ1) is 13.4. The molecule has 0 atom stereocenters. The van der Waals surface area contributed by atoms with Crippen LogP contribution in [0.4, 0.5) is 0 Å². The second kappa shape index (κ2) is 5.79. The van der Waals surface area contributed by atoms with Crippen LogP contribution in [0, 0.1) is 0 Å². The van der Waals surface area contributed by atoms with E-state index in [1.165, 1.54) is 0 Å². The maximum absolute atomic E-state index is 5.35. The van der Waals surface area contributed by atoms with E-state index in [4.69, 9.17) is 4.74 Å². The molecule has 106 valence electrons. The van der Waals surface area contributed by atoms with E-state index in [2.05, 4.69) is 21.0 Å². The number of aromatic amines is 1. The average molecular weight is 279 g/mol. The molecule has 0 aliphatic heterocycles. The number of fused-ring (bicyclic) bond motifs is 1. The van der Waals surface area contributed by atoms with E-state index in [0.717, 1.165) is 33.6 Å². The number of rotatable bonds is 4. The molecule has 4 heteroatoms. The van der Waals surface area contributed by atoms with Crippen LogP contribution in [0.2, 0.25) is 0 Å². The van der Waals surface area contributed by atoms with Crippen molar-refractivity contribution in [1.29, 1.82) is 0 Å². The van der Waals surface area contributed by atoms with Gasteiger partial charge < -0.3 is 9.72 Å². The molecular weight excluding hydrogens is 262 g/mol. The maximum atomic E-state index is 5.35. The monoisotopic (exact) mass is 279 g/mol. The Morgan fingerprint density at radius 3 is 2.95 bits per heavy atom. The minimum atomic E-state index is 0.608. The van der Waals surface area contributed by atoms with Gasteiger partial charge in [0, 0.05) is 11.3 Å². The lowest BCUT2D eigenvalue weighted by Crippen LogP contribution is -1.97. The Balaban J connectivity index is 1.85. The van der Waals surface area contributed by atoms with Gasteiger partial charge in [-0.2, -0.15) is 0 Å². The van der Waals surface area contributed by atoms with E-state index in [9.17, 15) is 0 Å². The molecule has 3 rings (SSSR count). The predicted molar refractivity (Wildman–Crippen MR) is 85.0 cm³/mol. The Labute approximate surface area is 123 Å². The lowest BCUT2D eigenvalue weighted by Gasteiger charge is -2.06. The summed E-state index contributed by atoms with van der Waals surface area (Å²) in [5.41, 5.74) is 5.18. The van der Waals surface area contributed by atoms with Gasteiger partial charge in [0.1, 0.15) is 5.75 Å². The van der Waals surface area contributed by atoms with Crippen molar-refractivity contribution in [2.75, 3.05) is 7.11 Å². The molecule has 0 unspecified atom stereocenters. The minimum Gasteiger partial charge on any atom is -0.496 e. The van der Waals surface area contributed by atoms with Crippen molar-refractivity contribution in [2.45, 2.75) is 13.5 Å². The summed E-state index contributed by atoms with van der Waals surface area (Å²) in [6.45, 7) is 2.63. The first-order chi connectivity index (χ1) is 10.3. The Morgan fingerprint density at radius 2 is 2.10 bits per heavy atom. The topological polar surface area (TPSA) is 50.3 Å². The molecular formula is C17H17N3O. The Bertz CT molecular complexity index is 789. The van der Waals surface area contributed by atoms with E-state index in [0.29, 0.717) is 6.54 Å². The lowest BCUT2D eigenvalue weighted by atomic mass is 10.1. The summed E-state index contributed by atoms with van der Waals surface area (Å²) < 4.78 is 5.35. The fourth-order valence-electron chi connectivity index (χ4n) is 2.29. The van der Waals surface area contributed by atoms with Crippen molar-refractivity contribution in [1.82, 2.24) is 9.97 Å². The molecule has 1 N–H and O–H groups in total. The molecule has 1 aromatic heterocycles. The van der Waals surface area contributed by atoms with Crippen molar-refractivity contribution < 1.29 is 4.74 Å². The zero-order chi connectivity index (χ0) is 14.7. The fourth-order valence-corrected chi connectivity index (χ4v) is 2.29. The Kier molecular flexibility index (Phi) is 3.69. The number of hydrogen-bond acceptors (Lipinski definition) is 3. The van der Waals surface area contributed by atoms with Gasteiger partial charge in [0.05, 0.1) is 31.0 Å². The number of H-pyrrole nitrogens is 1. The number of nitrogens with zero attached hydrogens (tertiary/aromatic N) is 2. The van der Waals surface area contributed by atoms with E-state index >= 15 is 0 Å². The zero-order valence-electron chi connectivity index (χ0n) is 12.1. The average Bonchev–Trinajstić information content (AvgIpc) is 3.00. The number of aliphatic imine (C=N–C) groups is 1. The summed E-state index contributed by atoms with van der Waals surface area (Å²) in [6.07, 6.45) is 1.70. The first-order valence-corrected chi connectivity index (χ1v) is 6.84. The van der Waals surface area contributed by atoms with E-state index in [1.807, 2.05) is 43.3 Å². The molecule has 2 aromatic carbocycles. The SMILES string of the molecule is COc1ccccc1CN=C(C)c1ccc2nc[nH]c2c1. The van der Waals surface area contributed by atoms with Crippen LogP contribution in [0.5, 0.6) is 5.75 Å². The van der Waals surface area contributed by atoms with Crippen LogP contribution in [0.1, 0.15) is 18.1 Å². The van der Waals surface area contributed by atoms with Gasteiger partial charge in [-0.3, -0.25) is 4.99 Å². The van der Waals surface area contributed by atoms with Gasteiger partial charge in [-0.05, 0) is 30.7 Å². The van der Waals surface area contributed by atoms with Crippen LogP contribution in [-0.4, -0.2) is 22.8 Å². The summed E-state index contributed by atoms with van der Waals surface area (Å²) in [5, 5.41) is 0. The van der Waals surface area contributed by atoms with Gasteiger partial charge in [0.25, 0.3) is 0 Å². The van der Waals surface area contributed by atoms with Gasteiger partial charge in [0.2, 0.25) is 0 Å². The highest BCUT2D eigenvalue weighted by atomic mass is 16.5. The molecule has 0 bridgehead atoms. The molecule has 0 amide bonds. The Hall–Kier alpha value is -2.62. The molecule has 0 spiro atoms. The Morgan fingerprint density at radius 1 is 1.24 bits per heavy atom. The van der Waals surface area contributed by atoms with Crippen molar-refractivity contribution in [3.05, 3.63) is 59.9 Å². The van der Waals surface area contributed by atoms with Crippen LogP contribution in [0.25, 0.3) is 11.0 Å². The van der Waals surface area contributed by atoms with Gasteiger partial charge in [0.15, 0.2) is 0 Å². The first-order valence-electron chi connectivity index (χ1n) is 6.84. The molecule has 1 heterocycles. The van der Waals surface area contributed by atoms with Gasteiger partial charge in [-0.25, -0.2) is 4.98 Å². The molecule has 4 nitrogen and oxygen atoms in total. The molecule has 0 saturated heterocycles. The van der Waals surface area contributed by atoms with Gasteiger partial charge in [-0.15, -0.1) is 0 Å². The van der Waals surface area contributed by atoms with Gasteiger partial charge in [-0.1, -0.05) is 24.3 Å². The van der Waals surface area contributed by atoms with Crippen molar-refractivity contribution >= 4 is 16.7 Å². The number of hydrogen-bond donors (Lipinski definition) is 1. The minimum absolute atomic E-state index is 0.608. The highest BCUT2D eigenvalue weighted by Gasteiger charge is 2.03. The summed E-state index contributed by atoms with van der Waals surface area (Å²) >= 11 is 0. The summed E-state index contributed by atoms with van der Waals surface area (Å²) in [4.78, 5) is 12.0. The number of nitrogens with one attached hydrogen (secondary N) is 1. The van der Waals surface area contributed by atoms with Crippen LogP contribution in [0.15, 0.2) is 53.8 Å². The number of imidazole rings is 1. The second-order valence-electron chi connectivity index (χ2n) is 4.85.